The number of piperidine rings is 1. The molecule has 0 bridgehead atoms. The Hall–Kier alpha value is -2.18. The van der Waals surface area contributed by atoms with Crippen LogP contribution < -0.4 is 4.90 Å². The molecule has 3 aliphatic heterocycles. The van der Waals surface area contributed by atoms with E-state index >= 15 is 0 Å². The highest BCUT2D eigenvalue weighted by Gasteiger charge is 2.47. The van der Waals surface area contributed by atoms with Crippen molar-refractivity contribution in [2.75, 3.05) is 44.7 Å². The highest BCUT2D eigenvalue weighted by Crippen LogP contribution is 2.42. The molecule has 1 aliphatic carbocycles. The van der Waals surface area contributed by atoms with E-state index in [2.05, 4.69) is 9.88 Å². The van der Waals surface area contributed by atoms with E-state index in [1.165, 1.54) is 12.8 Å². The van der Waals surface area contributed by atoms with Crippen LogP contribution in [-0.2, 0) is 10.2 Å². The summed E-state index contributed by atoms with van der Waals surface area (Å²) in [6.07, 6.45) is 7.91. The SMILES string of the molecule is CN1CC2(CCN(C(=O)C3CC3)CC2)c2nc(N3CCCC3)ncc2C1=O. The largest absolute Gasteiger partial charge is 0.342 e. The fraction of sp³-hybridized carbons (Fsp3) is 0.700. The zero-order chi connectivity index (χ0) is 18.6. The molecular formula is C20H27N5O2. The molecule has 7 nitrogen and oxygen atoms in total. The number of anilines is 1. The molecule has 1 aromatic rings. The molecule has 3 fully saturated rings. The third-order valence-electron chi connectivity index (χ3n) is 6.74. The molecule has 0 aromatic carbocycles. The summed E-state index contributed by atoms with van der Waals surface area (Å²) in [6, 6.07) is 0. The lowest BCUT2D eigenvalue weighted by molar-refractivity contribution is -0.134. The Bertz CT molecular complexity index is 777. The first-order chi connectivity index (χ1) is 13.1. The third kappa shape index (κ3) is 2.78. The first-order valence-electron chi connectivity index (χ1n) is 10.2. The van der Waals surface area contributed by atoms with Crippen molar-refractivity contribution in [2.24, 2.45) is 5.92 Å². The van der Waals surface area contributed by atoms with E-state index in [-0.39, 0.29) is 17.2 Å². The van der Waals surface area contributed by atoms with Crippen molar-refractivity contribution in [3.8, 4) is 0 Å². The van der Waals surface area contributed by atoms with Crippen molar-refractivity contribution in [3.05, 3.63) is 17.5 Å². The molecule has 27 heavy (non-hydrogen) atoms. The van der Waals surface area contributed by atoms with E-state index in [1.807, 2.05) is 11.9 Å². The third-order valence-corrected chi connectivity index (χ3v) is 6.74. The Kier molecular flexibility index (Phi) is 3.88. The molecule has 0 radical (unpaired) electrons. The number of carbonyl (C=O) groups excluding carboxylic acids is 2. The van der Waals surface area contributed by atoms with Crippen molar-refractivity contribution in [1.29, 1.82) is 0 Å². The maximum atomic E-state index is 12.7. The second-order valence-electron chi connectivity index (χ2n) is 8.67. The highest BCUT2D eigenvalue weighted by atomic mass is 16.2. The van der Waals surface area contributed by atoms with Crippen LogP contribution in [0.4, 0.5) is 5.95 Å². The predicted molar refractivity (Wildman–Crippen MR) is 101 cm³/mol. The first-order valence-corrected chi connectivity index (χ1v) is 10.2. The lowest BCUT2D eigenvalue weighted by atomic mass is 9.71. The second kappa shape index (κ2) is 6.17. The second-order valence-corrected chi connectivity index (χ2v) is 8.67. The quantitative estimate of drug-likeness (QED) is 0.789. The summed E-state index contributed by atoms with van der Waals surface area (Å²) in [5.74, 6) is 1.37. The summed E-state index contributed by atoms with van der Waals surface area (Å²) in [6.45, 7) is 4.19. The zero-order valence-corrected chi connectivity index (χ0v) is 16.0. The number of amides is 2. The number of likely N-dealkylation sites (tertiary alicyclic amines) is 1. The standard InChI is InChI=1S/C20H27N5O2/c1-23-13-20(6-10-24(11-7-20)17(26)14-4-5-14)16-15(18(23)27)12-21-19(22-16)25-8-2-3-9-25/h12,14H,2-11,13H2,1H3. The van der Waals surface area contributed by atoms with Crippen molar-refractivity contribution in [2.45, 2.75) is 43.9 Å². The van der Waals surface area contributed by atoms with E-state index in [1.54, 1.807) is 11.1 Å². The van der Waals surface area contributed by atoms with Gasteiger partial charge in [0.2, 0.25) is 11.9 Å². The smallest absolute Gasteiger partial charge is 0.257 e. The van der Waals surface area contributed by atoms with Crippen LogP contribution in [0.5, 0.6) is 0 Å². The molecule has 7 heteroatoms. The summed E-state index contributed by atoms with van der Waals surface area (Å²) in [5, 5.41) is 0. The molecule has 0 unspecified atom stereocenters. The van der Waals surface area contributed by atoms with Gasteiger partial charge in [-0.3, -0.25) is 9.59 Å². The lowest BCUT2D eigenvalue weighted by Gasteiger charge is -2.46. The topological polar surface area (TPSA) is 69.6 Å². The number of fused-ring (bicyclic) bond motifs is 2. The van der Waals surface area contributed by atoms with Gasteiger partial charge in [0.05, 0.1) is 11.3 Å². The number of hydrogen-bond acceptors (Lipinski definition) is 5. The number of hydrogen-bond donors (Lipinski definition) is 0. The lowest BCUT2D eigenvalue weighted by Crippen LogP contribution is -2.54. The van der Waals surface area contributed by atoms with E-state index in [0.717, 1.165) is 63.5 Å². The fourth-order valence-corrected chi connectivity index (χ4v) is 4.95. The summed E-state index contributed by atoms with van der Waals surface area (Å²) in [5.41, 5.74) is 1.41. The maximum Gasteiger partial charge on any atom is 0.257 e. The van der Waals surface area contributed by atoms with E-state index in [4.69, 9.17) is 4.98 Å². The van der Waals surface area contributed by atoms with Gasteiger partial charge in [0.25, 0.3) is 5.91 Å². The Morgan fingerprint density at radius 2 is 1.85 bits per heavy atom. The van der Waals surface area contributed by atoms with Gasteiger partial charge >= 0.3 is 0 Å². The Labute approximate surface area is 159 Å². The number of nitrogens with zero attached hydrogens (tertiary/aromatic N) is 5. The van der Waals surface area contributed by atoms with Crippen molar-refractivity contribution in [3.63, 3.8) is 0 Å². The van der Waals surface area contributed by atoms with Gasteiger partial charge in [-0.15, -0.1) is 0 Å². The van der Waals surface area contributed by atoms with Gasteiger partial charge in [-0.2, -0.15) is 0 Å². The molecule has 0 N–H and O–H groups in total. The van der Waals surface area contributed by atoms with Gasteiger partial charge in [-0.25, -0.2) is 9.97 Å². The number of likely N-dealkylation sites (N-methyl/N-ethyl adjacent to an activating group) is 1. The average molecular weight is 369 g/mol. The van der Waals surface area contributed by atoms with Crippen LogP contribution in [0.25, 0.3) is 0 Å². The minimum absolute atomic E-state index is 0.0140. The molecule has 4 aliphatic rings. The minimum atomic E-state index is -0.157. The van der Waals surface area contributed by atoms with Crippen LogP contribution in [-0.4, -0.2) is 71.4 Å². The Morgan fingerprint density at radius 3 is 2.52 bits per heavy atom. The number of carbonyl (C=O) groups is 2. The molecular weight excluding hydrogens is 342 g/mol. The Balaban J connectivity index is 1.46. The first kappa shape index (κ1) is 17.0. The molecule has 2 amide bonds. The molecule has 5 rings (SSSR count). The monoisotopic (exact) mass is 369 g/mol. The van der Waals surface area contributed by atoms with Crippen LogP contribution >= 0.6 is 0 Å². The van der Waals surface area contributed by atoms with Crippen LogP contribution in [0.2, 0.25) is 0 Å². The molecule has 0 atom stereocenters. The minimum Gasteiger partial charge on any atom is -0.342 e. The maximum absolute atomic E-state index is 12.7. The van der Waals surface area contributed by atoms with Gasteiger partial charge in [0.1, 0.15) is 0 Å². The van der Waals surface area contributed by atoms with E-state index in [9.17, 15) is 9.59 Å². The normalized spacial score (nSPS) is 24.5. The van der Waals surface area contributed by atoms with Gasteiger partial charge < -0.3 is 14.7 Å². The fourth-order valence-electron chi connectivity index (χ4n) is 4.95. The van der Waals surface area contributed by atoms with Crippen LogP contribution in [0.3, 0.4) is 0 Å². The summed E-state index contributed by atoms with van der Waals surface area (Å²) < 4.78 is 0. The van der Waals surface area contributed by atoms with Gasteiger partial charge in [0.15, 0.2) is 0 Å². The van der Waals surface area contributed by atoms with E-state index in [0.29, 0.717) is 18.0 Å². The van der Waals surface area contributed by atoms with Crippen LogP contribution in [0.1, 0.15) is 54.6 Å². The zero-order valence-electron chi connectivity index (χ0n) is 16.0. The van der Waals surface area contributed by atoms with Crippen LogP contribution in [0, 0.1) is 5.92 Å². The number of rotatable bonds is 2. The molecule has 4 heterocycles. The van der Waals surface area contributed by atoms with E-state index < -0.39 is 0 Å². The molecule has 2 saturated heterocycles. The Morgan fingerprint density at radius 1 is 1.15 bits per heavy atom. The van der Waals surface area contributed by atoms with Gasteiger partial charge in [0, 0.05) is 57.3 Å². The summed E-state index contributed by atoms with van der Waals surface area (Å²) in [4.78, 5) is 40.7. The van der Waals surface area contributed by atoms with Gasteiger partial charge in [-0.05, 0) is 38.5 Å². The van der Waals surface area contributed by atoms with Crippen molar-refractivity contribution in [1.82, 2.24) is 19.8 Å². The molecule has 144 valence electrons. The van der Waals surface area contributed by atoms with Crippen LogP contribution in [0.15, 0.2) is 6.20 Å². The molecule has 1 saturated carbocycles. The molecule has 1 spiro atoms. The summed E-state index contributed by atoms with van der Waals surface area (Å²) >= 11 is 0. The number of aromatic nitrogens is 2. The van der Waals surface area contributed by atoms with Gasteiger partial charge in [-0.1, -0.05) is 0 Å². The van der Waals surface area contributed by atoms with Crippen molar-refractivity contribution >= 4 is 17.8 Å². The summed E-state index contributed by atoms with van der Waals surface area (Å²) in [7, 11) is 1.86. The predicted octanol–water partition coefficient (Wildman–Crippen LogP) is 1.43. The molecule has 1 aromatic heterocycles. The average Bonchev–Trinajstić information content (AvgIpc) is 3.40. The van der Waals surface area contributed by atoms with Crippen molar-refractivity contribution < 1.29 is 9.59 Å². The highest BCUT2D eigenvalue weighted by molar-refractivity contribution is 5.96.